The molecule has 0 saturated carbocycles. The molecule has 0 bridgehead atoms. The van der Waals surface area contributed by atoms with E-state index < -0.39 is 11.9 Å². The van der Waals surface area contributed by atoms with Gasteiger partial charge in [-0.1, -0.05) is 11.8 Å². The molecule has 2 nitrogen and oxygen atoms in total. The lowest BCUT2D eigenvalue weighted by Gasteiger charge is -2.04. The van der Waals surface area contributed by atoms with Gasteiger partial charge in [0.1, 0.15) is 5.69 Å². The Morgan fingerprint density at radius 2 is 2.13 bits per heavy atom. The topological polar surface area (TPSA) is 33.1 Å². The van der Waals surface area contributed by atoms with Gasteiger partial charge in [0, 0.05) is 18.2 Å². The molecule has 0 aliphatic rings. The van der Waals surface area contributed by atoms with E-state index in [0.29, 0.717) is 0 Å². The molecule has 1 rings (SSSR count). The molecule has 1 aromatic heterocycles. The van der Waals surface area contributed by atoms with Crippen molar-refractivity contribution in [3.63, 3.8) is 0 Å². The van der Waals surface area contributed by atoms with Gasteiger partial charge in [-0.15, -0.1) is 0 Å². The van der Waals surface area contributed by atoms with Crippen molar-refractivity contribution < 1.29 is 18.3 Å². The van der Waals surface area contributed by atoms with Gasteiger partial charge in [-0.05, 0) is 12.1 Å². The van der Waals surface area contributed by atoms with E-state index in [1.54, 1.807) is 0 Å². The first kappa shape index (κ1) is 11.5. The normalized spacial score (nSPS) is 10.7. The molecule has 0 atom stereocenters. The van der Waals surface area contributed by atoms with Crippen molar-refractivity contribution in [2.24, 2.45) is 0 Å². The predicted octanol–water partition coefficient (Wildman–Crippen LogP) is 1.83. The lowest BCUT2D eigenvalue weighted by atomic mass is 10.2. The number of hydrogen-bond donors (Lipinski definition) is 1. The summed E-state index contributed by atoms with van der Waals surface area (Å²) in [7, 11) is 0. The Kier molecular flexibility index (Phi) is 3.69. The Morgan fingerprint density at radius 3 is 2.73 bits per heavy atom. The van der Waals surface area contributed by atoms with Gasteiger partial charge in [-0.3, -0.25) is 4.98 Å². The SMILES string of the molecule is OCCC#Cc1ccnc(C(F)(F)F)c1. The largest absolute Gasteiger partial charge is 0.433 e. The van der Waals surface area contributed by atoms with E-state index in [-0.39, 0.29) is 18.6 Å². The molecular weight excluding hydrogens is 207 g/mol. The summed E-state index contributed by atoms with van der Waals surface area (Å²) in [6.07, 6.45) is -3.15. The van der Waals surface area contributed by atoms with E-state index in [1.807, 2.05) is 0 Å². The highest BCUT2D eigenvalue weighted by Gasteiger charge is 2.32. The number of pyridine rings is 1. The van der Waals surface area contributed by atoms with Crippen molar-refractivity contribution in [3.8, 4) is 11.8 Å². The van der Waals surface area contributed by atoms with Gasteiger partial charge in [0.05, 0.1) is 6.61 Å². The maximum atomic E-state index is 12.2. The van der Waals surface area contributed by atoms with E-state index in [9.17, 15) is 13.2 Å². The number of aliphatic hydroxyl groups excluding tert-OH is 1. The summed E-state index contributed by atoms with van der Waals surface area (Å²) in [5, 5.41) is 8.43. The quantitative estimate of drug-likeness (QED) is 0.725. The highest BCUT2D eigenvalue weighted by Crippen LogP contribution is 2.27. The first-order chi connectivity index (χ1) is 7.04. The number of halogens is 3. The fourth-order valence-electron chi connectivity index (χ4n) is 0.884. The number of alkyl halides is 3. The van der Waals surface area contributed by atoms with Crippen LogP contribution in [0.15, 0.2) is 18.3 Å². The van der Waals surface area contributed by atoms with E-state index in [4.69, 9.17) is 5.11 Å². The minimum absolute atomic E-state index is 0.107. The second-order valence-corrected chi connectivity index (χ2v) is 2.70. The fraction of sp³-hybridized carbons (Fsp3) is 0.300. The van der Waals surface area contributed by atoms with Gasteiger partial charge >= 0.3 is 6.18 Å². The van der Waals surface area contributed by atoms with Crippen LogP contribution in [0, 0.1) is 11.8 Å². The molecule has 0 unspecified atom stereocenters. The molecule has 1 N–H and O–H groups in total. The summed E-state index contributed by atoms with van der Waals surface area (Å²) in [6.45, 7) is -0.107. The summed E-state index contributed by atoms with van der Waals surface area (Å²) >= 11 is 0. The zero-order valence-electron chi connectivity index (χ0n) is 7.67. The van der Waals surface area contributed by atoms with Crippen molar-refractivity contribution in [2.45, 2.75) is 12.6 Å². The molecule has 0 saturated heterocycles. The Labute approximate surface area is 84.8 Å². The smallest absolute Gasteiger partial charge is 0.395 e. The number of aliphatic hydroxyl groups is 1. The summed E-state index contributed by atoms with van der Waals surface area (Å²) in [4.78, 5) is 3.20. The summed E-state index contributed by atoms with van der Waals surface area (Å²) in [5.41, 5.74) is -0.718. The molecular formula is C10H8F3NO. The van der Waals surface area contributed by atoms with Crippen LogP contribution in [-0.2, 0) is 6.18 Å². The van der Waals surface area contributed by atoms with Crippen molar-refractivity contribution in [1.29, 1.82) is 0 Å². The molecule has 1 aromatic rings. The maximum Gasteiger partial charge on any atom is 0.433 e. The average molecular weight is 215 g/mol. The van der Waals surface area contributed by atoms with E-state index in [2.05, 4.69) is 16.8 Å². The van der Waals surface area contributed by atoms with Crippen LogP contribution in [0.1, 0.15) is 17.7 Å². The summed E-state index contributed by atoms with van der Waals surface area (Å²) in [6, 6.07) is 2.27. The molecule has 0 spiro atoms. The highest BCUT2D eigenvalue weighted by molar-refractivity contribution is 5.34. The first-order valence-electron chi connectivity index (χ1n) is 4.17. The Morgan fingerprint density at radius 1 is 1.40 bits per heavy atom. The summed E-state index contributed by atoms with van der Waals surface area (Å²) < 4.78 is 36.6. The van der Waals surface area contributed by atoms with E-state index >= 15 is 0 Å². The van der Waals surface area contributed by atoms with Crippen molar-refractivity contribution in [2.75, 3.05) is 6.61 Å². The molecule has 0 fully saturated rings. The molecule has 80 valence electrons. The monoisotopic (exact) mass is 215 g/mol. The second kappa shape index (κ2) is 4.80. The Balaban J connectivity index is 2.90. The predicted molar refractivity (Wildman–Crippen MR) is 47.8 cm³/mol. The van der Waals surface area contributed by atoms with Crippen LogP contribution in [0.25, 0.3) is 0 Å². The number of nitrogens with zero attached hydrogens (tertiary/aromatic N) is 1. The Bertz CT molecular complexity index is 390. The first-order valence-corrected chi connectivity index (χ1v) is 4.17. The zero-order chi connectivity index (χ0) is 11.3. The molecule has 15 heavy (non-hydrogen) atoms. The maximum absolute atomic E-state index is 12.2. The third kappa shape index (κ3) is 3.60. The lowest BCUT2D eigenvalue weighted by molar-refractivity contribution is -0.141. The van der Waals surface area contributed by atoms with Crippen LogP contribution >= 0.6 is 0 Å². The van der Waals surface area contributed by atoms with Crippen LogP contribution in [-0.4, -0.2) is 16.7 Å². The Hall–Kier alpha value is -1.54. The van der Waals surface area contributed by atoms with Crippen LogP contribution in [0.3, 0.4) is 0 Å². The van der Waals surface area contributed by atoms with E-state index in [0.717, 1.165) is 12.3 Å². The molecule has 0 amide bonds. The van der Waals surface area contributed by atoms with Crippen LogP contribution < -0.4 is 0 Å². The van der Waals surface area contributed by atoms with Gasteiger partial charge in [0.2, 0.25) is 0 Å². The molecule has 0 aliphatic heterocycles. The standard InChI is InChI=1S/C10H8F3NO/c11-10(12,13)9-7-8(4-5-14-9)3-1-2-6-15/h4-5,7,15H,2,6H2. The van der Waals surface area contributed by atoms with Crippen molar-refractivity contribution >= 4 is 0 Å². The fourth-order valence-corrected chi connectivity index (χ4v) is 0.884. The van der Waals surface area contributed by atoms with Crippen LogP contribution in [0.4, 0.5) is 13.2 Å². The van der Waals surface area contributed by atoms with Crippen molar-refractivity contribution in [3.05, 3.63) is 29.6 Å². The third-order valence-corrected chi connectivity index (χ3v) is 1.52. The van der Waals surface area contributed by atoms with E-state index in [1.165, 1.54) is 6.07 Å². The molecule has 0 aromatic carbocycles. The van der Waals surface area contributed by atoms with Gasteiger partial charge in [0.25, 0.3) is 0 Å². The second-order valence-electron chi connectivity index (χ2n) is 2.70. The number of hydrogen-bond acceptors (Lipinski definition) is 2. The van der Waals surface area contributed by atoms with Gasteiger partial charge in [0.15, 0.2) is 0 Å². The molecule has 5 heteroatoms. The number of aromatic nitrogens is 1. The minimum Gasteiger partial charge on any atom is -0.395 e. The number of rotatable bonds is 1. The average Bonchev–Trinajstić information content (AvgIpc) is 2.17. The molecule has 0 radical (unpaired) electrons. The minimum atomic E-state index is -4.45. The highest BCUT2D eigenvalue weighted by atomic mass is 19.4. The van der Waals surface area contributed by atoms with Crippen molar-refractivity contribution in [1.82, 2.24) is 4.98 Å². The lowest BCUT2D eigenvalue weighted by Crippen LogP contribution is -2.07. The van der Waals surface area contributed by atoms with Crippen LogP contribution in [0.2, 0.25) is 0 Å². The van der Waals surface area contributed by atoms with Gasteiger partial charge in [-0.25, -0.2) is 0 Å². The summed E-state index contributed by atoms with van der Waals surface area (Å²) in [5.74, 6) is 5.04. The third-order valence-electron chi connectivity index (χ3n) is 1.52. The zero-order valence-corrected chi connectivity index (χ0v) is 7.67. The van der Waals surface area contributed by atoms with Gasteiger partial charge in [-0.2, -0.15) is 13.2 Å². The van der Waals surface area contributed by atoms with Crippen LogP contribution in [0.5, 0.6) is 0 Å². The van der Waals surface area contributed by atoms with Gasteiger partial charge < -0.3 is 5.11 Å². The molecule has 1 heterocycles. The molecule has 0 aliphatic carbocycles.